The fraction of sp³-hybridized carbons (Fsp3) is 0.625. The summed E-state index contributed by atoms with van der Waals surface area (Å²) in [5.41, 5.74) is 0. The number of likely N-dealkylation sites (tertiary alicyclic amines) is 1. The normalized spacial score (nSPS) is 28.7. The summed E-state index contributed by atoms with van der Waals surface area (Å²) in [5, 5.41) is 0. The van der Waals surface area contributed by atoms with Crippen LogP contribution in [0.5, 0.6) is 0 Å². The van der Waals surface area contributed by atoms with E-state index in [-0.39, 0.29) is 0 Å². The number of rotatable bonds is 1. The van der Waals surface area contributed by atoms with Gasteiger partial charge in [0, 0.05) is 13.0 Å². The third kappa shape index (κ3) is 1.57. The van der Waals surface area contributed by atoms with Crippen molar-refractivity contribution < 1.29 is 13.9 Å². The third-order valence-electron chi connectivity index (χ3n) is 1.98. The molecular formula is C8H12FNO2. The summed E-state index contributed by atoms with van der Waals surface area (Å²) in [5.74, 6) is -1.56. The molecule has 0 aromatic carbocycles. The van der Waals surface area contributed by atoms with Crippen molar-refractivity contribution in [2.75, 3.05) is 6.54 Å². The summed E-state index contributed by atoms with van der Waals surface area (Å²) >= 11 is 0. The number of carbonyl (C=O) groups is 1. The number of alkyl halides is 1. The highest BCUT2D eigenvalue weighted by Gasteiger charge is 2.40. The van der Waals surface area contributed by atoms with Crippen molar-refractivity contribution in [2.45, 2.75) is 25.6 Å². The summed E-state index contributed by atoms with van der Waals surface area (Å²) in [7, 11) is 0. The van der Waals surface area contributed by atoms with Gasteiger partial charge in [0.25, 0.3) is 0 Å². The van der Waals surface area contributed by atoms with Crippen LogP contribution in [0.15, 0.2) is 12.8 Å². The lowest BCUT2D eigenvalue weighted by molar-refractivity contribution is 0.0237. The van der Waals surface area contributed by atoms with Gasteiger partial charge in [0.15, 0.2) is 5.79 Å². The van der Waals surface area contributed by atoms with E-state index in [4.69, 9.17) is 0 Å². The molecule has 0 bridgehead atoms. The molecule has 4 heteroatoms. The van der Waals surface area contributed by atoms with Crippen molar-refractivity contribution >= 4 is 6.09 Å². The van der Waals surface area contributed by atoms with Crippen LogP contribution in [0, 0.1) is 0 Å². The third-order valence-corrected chi connectivity index (χ3v) is 1.98. The predicted molar refractivity (Wildman–Crippen MR) is 42.1 cm³/mol. The van der Waals surface area contributed by atoms with E-state index in [2.05, 4.69) is 11.3 Å². The Labute approximate surface area is 70.8 Å². The predicted octanol–water partition coefficient (Wildman–Crippen LogP) is 2.05. The van der Waals surface area contributed by atoms with Crippen molar-refractivity contribution in [3.8, 4) is 0 Å². The molecule has 0 aromatic heterocycles. The summed E-state index contributed by atoms with van der Waals surface area (Å²) in [6.45, 7) is 5.02. The number of halogens is 1. The van der Waals surface area contributed by atoms with Crippen LogP contribution in [0.25, 0.3) is 0 Å². The molecule has 0 aliphatic carbocycles. The fourth-order valence-corrected chi connectivity index (χ4v) is 1.34. The SMILES string of the molecule is C=COC(=O)N1CCCC1(C)F. The number of nitrogens with zero attached hydrogens (tertiary/aromatic N) is 1. The van der Waals surface area contributed by atoms with E-state index < -0.39 is 11.9 Å². The molecule has 1 unspecified atom stereocenters. The van der Waals surface area contributed by atoms with Crippen molar-refractivity contribution in [1.82, 2.24) is 4.90 Å². The summed E-state index contributed by atoms with van der Waals surface area (Å²) < 4.78 is 17.9. The first-order valence-electron chi connectivity index (χ1n) is 3.86. The summed E-state index contributed by atoms with van der Waals surface area (Å²) in [6, 6.07) is 0. The number of hydrogen-bond donors (Lipinski definition) is 0. The Hall–Kier alpha value is -1.06. The number of hydrogen-bond acceptors (Lipinski definition) is 2. The van der Waals surface area contributed by atoms with E-state index >= 15 is 0 Å². The van der Waals surface area contributed by atoms with Gasteiger partial charge in [0.2, 0.25) is 0 Å². The Morgan fingerprint density at radius 2 is 2.50 bits per heavy atom. The monoisotopic (exact) mass is 173 g/mol. The topological polar surface area (TPSA) is 29.5 Å². The van der Waals surface area contributed by atoms with Crippen LogP contribution < -0.4 is 0 Å². The van der Waals surface area contributed by atoms with Gasteiger partial charge in [-0.2, -0.15) is 0 Å². The molecule has 3 nitrogen and oxygen atoms in total. The first-order chi connectivity index (χ1) is 5.58. The standard InChI is InChI=1S/C8H12FNO2/c1-3-12-7(11)10-6-4-5-8(10,2)9/h3H,1,4-6H2,2H3. The fourth-order valence-electron chi connectivity index (χ4n) is 1.34. The van der Waals surface area contributed by atoms with Gasteiger partial charge in [0.05, 0.1) is 6.26 Å². The van der Waals surface area contributed by atoms with Crippen LogP contribution in [-0.2, 0) is 4.74 Å². The van der Waals surface area contributed by atoms with Gasteiger partial charge >= 0.3 is 6.09 Å². The Bertz CT molecular complexity index is 203. The largest absolute Gasteiger partial charge is 0.419 e. The minimum Gasteiger partial charge on any atom is -0.419 e. The average molecular weight is 173 g/mol. The molecule has 0 aromatic rings. The molecule has 1 aliphatic heterocycles. The summed E-state index contributed by atoms with van der Waals surface area (Å²) in [4.78, 5) is 12.1. The second-order valence-electron chi connectivity index (χ2n) is 2.95. The lowest BCUT2D eigenvalue weighted by Gasteiger charge is -2.25. The molecule has 1 heterocycles. The zero-order valence-corrected chi connectivity index (χ0v) is 7.05. The molecule has 0 N–H and O–H groups in total. The van der Waals surface area contributed by atoms with E-state index in [0.717, 1.165) is 11.2 Å². The van der Waals surface area contributed by atoms with Gasteiger partial charge in [-0.15, -0.1) is 0 Å². The molecular weight excluding hydrogens is 161 g/mol. The highest BCUT2D eigenvalue weighted by atomic mass is 19.1. The molecule has 1 rings (SSSR count). The van der Waals surface area contributed by atoms with Gasteiger partial charge in [-0.05, 0) is 13.3 Å². The first-order valence-corrected chi connectivity index (χ1v) is 3.86. The first kappa shape index (κ1) is 9.03. The van der Waals surface area contributed by atoms with Gasteiger partial charge in [-0.1, -0.05) is 6.58 Å². The van der Waals surface area contributed by atoms with Crippen LogP contribution >= 0.6 is 0 Å². The van der Waals surface area contributed by atoms with E-state index in [1.54, 1.807) is 0 Å². The molecule has 12 heavy (non-hydrogen) atoms. The quantitative estimate of drug-likeness (QED) is 0.448. The van der Waals surface area contributed by atoms with E-state index in [0.29, 0.717) is 19.4 Å². The Balaban J connectivity index is 2.62. The maximum absolute atomic E-state index is 13.4. The Morgan fingerprint density at radius 1 is 1.83 bits per heavy atom. The smallest absolute Gasteiger partial charge is 0.417 e. The molecule has 1 fully saturated rings. The molecule has 1 amide bonds. The maximum atomic E-state index is 13.4. The van der Waals surface area contributed by atoms with Gasteiger partial charge in [-0.25, -0.2) is 9.18 Å². The second-order valence-corrected chi connectivity index (χ2v) is 2.95. The average Bonchev–Trinajstić information content (AvgIpc) is 2.30. The molecule has 68 valence electrons. The van der Waals surface area contributed by atoms with Crippen molar-refractivity contribution in [3.05, 3.63) is 12.8 Å². The minimum atomic E-state index is -1.56. The van der Waals surface area contributed by atoms with Crippen LogP contribution in [0.2, 0.25) is 0 Å². The lowest BCUT2D eigenvalue weighted by Crippen LogP contribution is -2.41. The molecule has 0 spiro atoms. The molecule has 1 atom stereocenters. The number of amides is 1. The zero-order chi connectivity index (χ0) is 9.19. The Kier molecular flexibility index (Phi) is 2.35. The number of carbonyl (C=O) groups excluding carboxylic acids is 1. The van der Waals surface area contributed by atoms with Crippen LogP contribution in [0.1, 0.15) is 19.8 Å². The van der Waals surface area contributed by atoms with Crippen molar-refractivity contribution in [3.63, 3.8) is 0 Å². The minimum absolute atomic E-state index is 0.374. The van der Waals surface area contributed by atoms with Crippen LogP contribution in [-0.4, -0.2) is 23.3 Å². The van der Waals surface area contributed by atoms with E-state index in [1.165, 1.54) is 6.92 Å². The van der Waals surface area contributed by atoms with Crippen LogP contribution in [0.3, 0.4) is 0 Å². The molecule has 1 saturated heterocycles. The van der Waals surface area contributed by atoms with Gasteiger partial charge in [0.1, 0.15) is 0 Å². The van der Waals surface area contributed by atoms with E-state index in [1.807, 2.05) is 0 Å². The maximum Gasteiger partial charge on any atom is 0.417 e. The zero-order valence-electron chi connectivity index (χ0n) is 7.05. The summed E-state index contributed by atoms with van der Waals surface area (Å²) in [6.07, 6.45) is 1.40. The number of ether oxygens (including phenoxy) is 1. The molecule has 1 aliphatic rings. The van der Waals surface area contributed by atoms with Gasteiger partial charge < -0.3 is 4.74 Å². The Morgan fingerprint density at radius 3 is 2.92 bits per heavy atom. The van der Waals surface area contributed by atoms with Crippen LogP contribution in [0.4, 0.5) is 9.18 Å². The van der Waals surface area contributed by atoms with E-state index in [9.17, 15) is 9.18 Å². The highest BCUT2D eigenvalue weighted by Crippen LogP contribution is 2.30. The molecule has 0 radical (unpaired) electrons. The van der Waals surface area contributed by atoms with Gasteiger partial charge in [-0.3, -0.25) is 4.90 Å². The highest BCUT2D eigenvalue weighted by molar-refractivity contribution is 5.69. The van der Waals surface area contributed by atoms with Crippen molar-refractivity contribution in [1.29, 1.82) is 0 Å². The second kappa shape index (κ2) is 3.13. The lowest BCUT2D eigenvalue weighted by atomic mass is 10.2. The van der Waals surface area contributed by atoms with Crippen molar-refractivity contribution in [2.24, 2.45) is 0 Å². The molecule has 0 saturated carbocycles.